The first-order valence-electron chi connectivity index (χ1n) is 6.04. The molecule has 4 atom stereocenters. The number of cyclic esters (lactones) is 1. The van der Waals surface area contributed by atoms with Gasteiger partial charge >= 0.3 is 5.97 Å². The molecule has 2 aliphatic heterocycles. The van der Waals surface area contributed by atoms with E-state index in [2.05, 4.69) is 12.5 Å². The number of carbonyl (C=O) groups is 1. The van der Waals surface area contributed by atoms with Crippen LogP contribution in [0.2, 0.25) is 0 Å². The van der Waals surface area contributed by atoms with Gasteiger partial charge in [-0.2, -0.15) is 0 Å². The summed E-state index contributed by atoms with van der Waals surface area (Å²) in [5, 5.41) is 0. The number of esters is 1. The summed E-state index contributed by atoms with van der Waals surface area (Å²) in [4.78, 5) is 12.3. The average molecular weight is 274 g/mol. The summed E-state index contributed by atoms with van der Waals surface area (Å²) in [6.45, 7) is 2.27. The molecule has 3 aliphatic rings. The van der Waals surface area contributed by atoms with Crippen LogP contribution in [-0.4, -0.2) is 42.9 Å². The lowest BCUT2D eigenvalue weighted by Gasteiger charge is -2.32. The van der Waals surface area contributed by atoms with E-state index in [1.54, 1.807) is 23.5 Å². The van der Waals surface area contributed by atoms with Crippen molar-refractivity contribution in [2.45, 2.75) is 11.0 Å². The Bertz CT molecular complexity index is 332. The van der Waals surface area contributed by atoms with Gasteiger partial charge in [0.2, 0.25) is 0 Å². The van der Waals surface area contributed by atoms with Crippen molar-refractivity contribution in [3.63, 3.8) is 0 Å². The molecular weight excluding hydrogens is 256 g/mol. The van der Waals surface area contributed by atoms with Gasteiger partial charge in [0.15, 0.2) is 0 Å². The van der Waals surface area contributed by atoms with E-state index in [1.807, 2.05) is 0 Å². The molecule has 0 unspecified atom stereocenters. The van der Waals surface area contributed by atoms with Gasteiger partial charge in [-0.3, -0.25) is 4.79 Å². The summed E-state index contributed by atoms with van der Waals surface area (Å²) < 4.78 is 11.3. The van der Waals surface area contributed by atoms with Crippen LogP contribution in [-0.2, 0) is 14.3 Å². The maximum absolute atomic E-state index is 12.3. The summed E-state index contributed by atoms with van der Waals surface area (Å²) in [7, 11) is 0. The smallest absolute Gasteiger partial charge is 0.314 e. The maximum Gasteiger partial charge on any atom is 0.314 e. The first-order valence-corrected chi connectivity index (χ1v) is 8.62. The molecule has 0 bridgehead atoms. The maximum atomic E-state index is 12.3. The zero-order chi connectivity index (χ0) is 12.0. The molecule has 17 heavy (non-hydrogen) atoms. The second kappa shape index (κ2) is 4.35. The van der Waals surface area contributed by atoms with Crippen LogP contribution in [0, 0.1) is 23.2 Å². The molecule has 0 N–H and O–H groups in total. The highest BCUT2D eigenvalue weighted by Crippen LogP contribution is 2.61. The van der Waals surface area contributed by atoms with Crippen LogP contribution in [0.5, 0.6) is 0 Å². The van der Waals surface area contributed by atoms with Crippen LogP contribution in [0.4, 0.5) is 0 Å². The van der Waals surface area contributed by atoms with Gasteiger partial charge in [0.1, 0.15) is 0 Å². The molecular formula is C12H18O3S2. The van der Waals surface area contributed by atoms with E-state index in [-0.39, 0.29) is 11.4 Å². The van der Waals surface area contributed by atoms with Crippen molar-refractivity contribution in [2.75, 3.05) is 32.3 Å². The Morgan fingerprint density at radius 2 is 2.06 bits per heavy atom. The summed E-state index contributed by atoms with van der Waals surface area (Å²) in [6.07, 6.45) is 5.17. The van der Waals surface area contributed by atoms with Gasteiger partial charge in [-0.1, -0.05) is 0 Å². The number of hydrogen-bond acceptors (Lipinski definition) is 5. The standard InChI is InChI=1S/C12H18O3S2/c1-16-11(17-2)12-3-7-4-14-5-8(7)9(12)6-15-10(12)13/h7-9,11H,3-6H2,1-2H3/t7-,8+,9+,12+/m1/s1. The fraction of sp³-hybridized carbons (Fsp3) is 0.917. The number of thioether (sulfide) groups is 2. The molecule has 5 heteroatoms. The molecule has 2 saturated heterocycles. The molecule has 1 aliphatic carbocycles. The van der Waals surface area contributed by atoms with Gasteiger partial charge in [0, 0.05) is 12.5 Å². The zero-order valence-corrected chi connectivity index (χ0v) is 11.8. The second-order valence-corrected chi connectivity index (χ2v) is 7.40. The summed E-state index contributed by atoms with van der Waals surface area (Å²) in [5.74, 6) is 1.55. The van der Waals surface area contributed by atoms with Crippen LogP contribution >= 0.6 is 23.5 Å². The van der Waals surface area contributed by atoms with Crippen molar-refractivity contribution >= 4 is 29.5 Å². The van der Waals surface area contributed by atoms with E-state index in [0.717, 1.165) is 19.6 Å². The van der Waals surface area contributed by atoms with E-state index >= 15 is 0 Å². The number of fused-ring (bicyclic) bond motifs is 3. The largest absolute Gasteiger partial charge is 0.465 e. The van der Waals surface area contributed by atoms with Gasteiger partial charge in [-0.15, -0.1) is 23.5 Å². The minimum atomic E-state index is -0.238. The third kappa shape index (κ3) is 1.51. The highest BCUT2D eigenvalue weighted by atomic mass is 32.2. The van der Waals surface area contributed by atoms with Crippen molar-refractivity contribution in [2.24, 2.45) is 23.2 Å². The van der Waals surface area contributed by atoms with Gasteiger partial charge in [0.25, 0.3) is 0 Å². The molecule has 0 aromatic heterocycles. The first kappa shape index (κ1) is 12.2. The predicted octanol–water partition coefficient (Wildman–Crippen LogP) is 1.86. The van der Waals surface area contributed by atoms with E-state index < -0.39 is 0 Å². The Morgan fingerprint density at radius 3 is 2.76 bits per heavy atom. The van der Waals surface area contributed by atoms with E-state index in [0.29, 0.717) is 28.9 Å². The van der Waals surface area contributed by atoms with Crippen molar-refractivity contribution in [1.82, 2.24) is 0 Å². The van der Waals surface area contributed by atoms with Crippen LogP contribution in [0.1, 0.15) is 6.42 Å². The number of ether oxygens (including phenoxy) is 2. The third-order valence-corrected chi connectivity index (χ3v) is 7.50. The molecule has 2 heterocycles. The van der Waals surface area contributed by atoms with Crippen LogP contribution in [0.3, 0.4) is 0 Å². The van der Waals surface area contributed by atoms with Gasteiger partial charge in [0.05, 0.1) is 23.2 Å². The SMILES string of the molecule is CSC(SC)[C@@]12C[C@@H]3COC[C@@H]3[C@@H]1COC2=O. The Morgan fingerprint density at radius 1 is 1.29 bits per heavy atom. The monoisotopic (exact) mass is 274 g/mol. The van der Waals surface area contributed by atoms with Crippen LogP contribution in [0.15, 0.2) is 0 Å². The lowest BCUT2D eigenvalue weighted by molar-refractivity contribution is -0.146. The predicted molar refractivity (Wildman–Crippen MR) is 70.1 cm³/mol. The molecule has 3 nitrogen and oxygen atoms in total. The Balaban J connectivity index is 1.96. The highest BCUT2D eigenvalue weighted by Gasteiger charge is 2.66. The number of carbonyl (C=O) groups excluding carboxylic acids is 1. The molecule has 1 saturated carbocycles. The highest BCUT2D eigenvalue weighted by molar-refractivity contribution is 8.16. The Kier molecular flexibility index (Phi) is 3.12. The molecule has 0 radical (unpaired) electrons. The van der Waals surface area contributed by atoms with E-state index in [4.69, 9.17) is 9.47 Å². The summed E-state index contributed by atoms with van der Waals surface area (Å²) in [5.41, 5.74) is -0.238. The lowest BCUT2D eigenvalue weighted by atomic mass is 9.79. The zero-order valence-electron chi connectivity index (χ0n) is 10.2. The van der Waals surface area contributed by atoms with Gasteiger partial charge in [-0.25, -0.2) is 0 Å². The molecule has 3 fully saturated rings. The van der Waals surface area contributed by atoms with Crippen LogP contribution in [0.25, 0.3) is 0 Å². The molecule has 3 rings (SSSR count). The molecule has 96 valence electrons. The summed E-state index contributed by atoms with van der Waals surface area (Å²) in [6, 6.07) is 0. The lowest BCUT2D eigenvalue weighted by Crippen LogP contribution is -2.39. The second-order valence-electron chi connectivity index (χ2n) is 5.21. The van der Waals surface area contributed by atoms with Crippen molar-refractivity contribution in [1.29, 1.82) is 0 Å². The Labute approximate surface area is 110 Å². The normalized spacial score (nSPS) is 43.9. The first-order chi connectivity index (χ1) is 8.24. The quantitative estimate of drug-likeness (QED) is 0.580. The number of rotatable bonds is 3. The molecule has 0 aromatic carbocycles. The third-order valence-electron chi connectivity index (χ3n) is 4.65. The molecule has 0 spiro atoms. The fourth-order valence-corrected chi connectivity index (χ4v) is 6.27. The molecule has 0 amide bonds. The fourth-order valence-electron chi connectivity index (χ4n) is 3.93. The van der Waals surface area contributed by atoms with E-state index in [9.17, 15) is 4.79 Å². The van der Waals surface area contributed by atoms with E-state index in [1.165, 1.54) is 0 Å². The average Bonchev–Trinajstić information content (AvgIpc) is 2.94. The van der Waals surface area contributed by atoms with Gasteiger partial charge in [-0.05, 0) is 30.8 Å². The Hall–Kier alpha value is 0.130. The number of hydrogen-bond donors (Lipinski definition) is 0. The minimum Gasteiger partial charge on any atom is -0.465 e. The topological polar surface area (TPSA) is 35.5 Å². The van der Waals surface area contributed by atoms with Crippen molar-refractivity contribution < 1.29 is 14.3 Å². The van der Waals surface area contributed by atoms with Crippen molar-refractivity contribution in [3.8, 4) is 0 Å². The summed E-state index contributed by atoms with van der Waals surface area (Å²) >= 11 is 3.60. The molecule has 0 aromatic rings. The van der Waals surface area contributed by atoms with Crippen molar-refractivity contribution in [3.05, 3.63) is 0 Å². The van der Waals surface area contributed by atoms with Gasteiger partial charge < -0.3 is 9.47 Å². The minimum absolute atomic E-state index is 0.0469. The van der Waals surface area contributed by atoms with Crippen LogP contribution < -0.4 is 0 Å².